The molecule has 1 aliphatic carbocycles. The number of rotatable bonds is 2. The second-order valence-corrected chi connectivity index (χ2v) is 9.15. The minimum absolute atomic E-state index is 0.719. The molecule has 0 saturated heterocycles. The summed E-state index contributed by atoms with van der Waals surface area (Å²) in [6.45, 7) is 4.40. The Kier molecular flexibility index (Phi) is 3.89. The van der Waals surface area contributed by atoms with Gasteiger partial charge in [-0.15, -0.1) is 0 Å². The number of fused-ring (bicyclic) bond motifs is 3. The first-order valence-corrected chi connectivity index (χ1v) is 11.1. The zero-order valence-corrected chi connectivity index (χ0v) is 18.0. The lowest BCUT2D eigenvalue weighted by Gasteiger charge is -2.21. The van der Waals surface area contributed by atoms with Crippen molar-refractivity contribution in [3.05, 3.63) is 59.2 Å². The molecule has 2 aliphatic rings. The molecule has 1 aromatic heterocycles. The number of hydrogen-bond acceptors (Lipinski definition) is 2. The molecule has 6 rings (SSSR count). The van der Waals surface area contributed by atoms with E-state index in [1.54, 1.807) is 0 Å². The van der Waals surface area contributed by atoms with Gasteiger partial charge in [0, 0.05) is 11.5 Å². The molecule has 0 spiro atoms. The van der Waals surface area contributed by atoms with Crippen molar-refractivity contribution in [3.63, 3.8) is 0 Å². The van der Waals surface area contributed by atoms with E-state index in [-0.39, 0.29) is 0 Å². The Hall–Kier alpha value is -2.94. The summed E-state index contributed by atoms with van der Waals surface area (Å²) in [6.07, 6.45) is 6.67. The van der Waals surface area contributed by atoms with Crippen LogP contribution in [0.5, 0.6) is 11.6 Å². The van der Waals surface area contributed by atoms with Crippen LogP contribution in [-0.2, 0) is 13.5 Å². The van der Waals surface area contributed by atoms with Gasteiger partial charge < -0.3 is 4.74 Å². The summed E-state index contributed by atoms with van der Waals surface area (Å²) in [5, 5.41) is 2.42. The second-order valence-electron chi connectivity index (χ2n) is 9.15. The summed E-state index contributed by atoms with van der Waals surface area (Å²) in [7, 11) is 2.14. The molecule has 1 fully saturated rings. The smallest absolute Gasteiger partial charge is 0.294 e. The molecule has 0 radical (unpaired) electrons. The summed E-state index contributed by atoms with van der Waals surface area (Å²) >= 11 is 0. The fourth-order valence-corrected chi connectivity index (χ4v) is 5.54. The lowest BCUT2D eigenvalue weighted by molar-refractivity contribution is -0.634. The number of nitrogens with zero attached hydrogens (tertiary/aromatic N) is 2. The van der Waals surface area contributed by atoms with Gasteiger partial charge in [0.1, 0.15) is 18.3 Å². The van der Waals surface area contributed by atoms with Gasteiger partial charge in [-0.3, -0.25) is 0 Å². The van der Waals surface area contributed by atoms with E-state index >= 15 is 0 Å². The van der Waals surface area contributed by atoms with Crippen molar-refractivity contribution >= 4 is 21.8 Å². The van der Waals surface area contributed by atoms with Crippen molar-refractivity contribution < 1.29 is 9.30 Å². The van der Waals surface area contributed by atoms with E-state index in [1.807, 2.05) is 0 Å². The predicted molar refractivity (Wildman–Crippen MR) is 121 cm³/mol. The maximum atomic E-state index is 6.37. The summed E-state index contributed by atoms with van der Waals surface area (Å²) in [5.41, 5.74) is 8.51. The number of benzene rings is 3. The molecule has 2 heterocycles. The molecular weight excluding hydrogens is 368 g/mol. The van der Waals surface area contributed by atoms with Gasteiger partial charge in [0.25, 0.3) is 11.6 Å². The standard InChI is InChI=1S/C27H27N2O/c1-16-13-20-9-6-10-23-25(20)24(17(16)2)26-27(30-23)28-21-15-19(11-12-22(21)29(26)3)14-18-7-4-5-8-18/h6,9-13,15,18H,4-5,7-8,14H2,1-3H3/q+1. The second kappa shape index (κ2) is 6.53. The lowest BCUT2D eigenvalue weighted by Crippen LogP contribution is -2.34. The average molecular weight is 396 g/mol. The topological polar surface area (TPSA) is 26.0 Å². The monoisotopic (exact) mass is 395 g/mol. The molecule has 3 aromatic carbocycles. The normalized spacial score (nSPS) is 15.6. The summed E-state index contributed by atoms with van der Waals surface area (Å²) in [4.78, 5) is 5.03. The highest BCUT2D eigenvalue weighted by Crippen LogP contribution is 2.46. The number of aryl methyl sites for hydroxylation is 2. The Morgan fingerprint density at radius 2 is 1.90 bits per heavy atom. The van der Waals surface area contributed by atoms with Gasteiger partial charge in [-0.25, -0.2) is 4.98 Å². The molecule has 0 bridgehead atoms. The predicted octanol–water partition coefficient (Wildman–Crippen LogP) is 6.33. The van der Waals surface area contributed by atoms with Crippen LogP contribution in [0.4, 0.5) is 0 Å². The summed E-state index contributed by atoms with van der Waals surface area (Å²) in [6, 6.07) is 15.4. The zero-order valence-electron chi connectivity index (χ0n) is 18.0. The zero-order chi connectivity index (χ0) is 20.4. The van der Waals surface area contributed by atoms with E-state index in [1.165, 1.54) is 65.1 Å². The van der Waals surface area contributed by atoms with Crippen molar-refractivity contribution in [2.24, 2.45) is 13.0 Å². The third-order valence-corrected chi connectivity index (χ3v) is 7.25. The molecule has 0 unspecified atom stereocenters. The quantitative estimate of drug-likeness (QED) is 0.326. The third-order valence-electron chi connectivity index (χ3n) is 7.25. The largest absolute Gasteiger partial charge is 0.433 e. The molecule has 0 atom stereocenters. The first-order valence-electron chi connectivity index (χ1n) is 11.1. The van der Waals surface area contributed by atoms with Crippen LogP contribution in [0.3, 0.4) is 0 Å². The van der Waals surface area contributed by atoms with Gasteiger partial charge in [-0.2, -0.15) is 4.57 Å². The Morgan fingerprint density at radius 1 is 1.07 bits per heavy atom. The minimum atomic E-state index is 0.719. The van der Waals surface area contributed by atoms with Crippen molar-refractivity contribution in [2.45, 2.75) is 46.0 Å². The molecule has 4 aromatic rings. The first-order chi connectivity index (χ1) is 14.6. The lowest BCUT2D eigenvalue weighted by atomic mass is 9.91. The average Bonchev–Trinajstić information content (AvgIpc) is 3.24. The van der Waals surface area contributed by atoms with Gasteiger partial charge in [0.05, 0.1) is 5.56 Å². The Morgan fingerprint density at radius 3 is 2.73 bits per heavy atom. The van der Waals surface area contributed by atoms with E-state index in [9.17, 15) is 0 Å². The van der Waals surface area contributed by atoms with Crippen LogP contribution < -0.4 is 9.30 Å². The first kappa shape index (κ1) is 17.9. The molecule has 3 nitrogen and oxygen atoms in total. The highest BCUT2D eigenvalue weighted by Gasteiger charge is 2.32. The SMILES string of the molecule is Cc1cc2cccc3c2c(c1C)-c1c(nc2cc(CC4CCCC4)ccc2[n+]1C)O3. The van der Waals surface area contributed by atoms with Gasteiger partial charge >= 0.3 is 0 Å². The minimum Gasteiger partial charge on any atom is -0.433 e. The fourth-order valence-electron chi connectivity index (χ4n) is 5.54. The van der Waals surface area contributed by atoms with Crippen LogP contribution in [0, 0.1) is 19.8 Å². The number of ether oxygens (including phenoxy) is 1. The summed E-state index contributed by atoms with van der Waals surface area (Å²) in [5.74, 6) is 2.46. The molecule has 150 valence electrons. The Labute approximate surface area is 177 Å². The highest BCUT2D eigenvalue weighted by molar-refractivity contribution is 6.04. The van der Waals surface area contributed by atoms with E-state index in [0.717, 1.165) is 34.3 Å². The Bertz CT molecular complexity index is 1330. The van der Waals surface area contributed by atoms with Crippen LogP contribution in [0.25, 0.3) is 33.1 Å². The van der Waals surface area contributed by atoms with E-state index in [0.29, 0.717) is 0 Å². The van der Waals surface area contributed by atoms with Gasteiger partial charge in [0.2, 0.25) is 5.52 Å². The van der Waals surface area contributed by atoms with Crippen LogP contribution in [0.15, 0.2) is 42.5 Å². The van der Waals surface area contributed by atoms with Crippen molar-refractivity contribution in [2.75, 3.05) is 0 Å². The fraction of sp³-hybridized carbons (Fsp3) is 0.333. The van der Waals surface area contributed by atoms with Crippen LogP contribution in [0.2, 0.25) is 0 Å². The van der Waals surface area contributed by atoms with E-state index in [2.05, 4.69) is 67.9 Å². The summed E-state index contributed by atoms with van der Waals surface area (Å²) < 4.78 is 8.65. The molecule has 0 N–H and O–H groups in total. The van der Waals surface area contributed by atoms with Crippen molar-refractivity contribution in [3.8, 4) is 22.9 Å². The van der Waals surface area contributed by atoms with E-state index < -0.39 is 0 Å². The molecule has 30 heavy (non-hydrogen) atoms. The van der Waals surface area contributed by atoms with Crippen molar-refractivity contribution in [1.29, 1.82) is 0 Å². The number of hydrogen-bond donors (Lipinski definition) is 0. The Balaban J connectivity index is 1.58. The van der Waals surface area contributed by atoms with Gasteiger partial charge in [-0.1, -0.05) is 49.9 Å². The van der Waals surface area contributed by atoms with Crippen LogP contribution in [-0.4, -0.2) is 4.98 Å². The maximum absolute atomic E-state index is 6.37. The molecular formula is C27H27N2O+. The molecule has 1 aliphatic heterocycles. The van der Waals surface area contributed by atoms with E-state index in [4.69, 9.17) is 9.72 Å². The van der Waals surface area contributed by atoms with Crippen LogP contribution >= 0.6 is 0 Å². The maximum Gasteiger partial charge on any atom is 0.294 e. The van der Waals surface area contributed by atoms with Crippen LogP contribution in [0.1, 0.15) is 42.4 Å². The molecule has 0 amide bonds. The number of aromatic nitrogens is 2. The van der Waals surface area contributed by atoms with Crippen molar-refractivity contribution in [1.82, 2.24) is 4.98 Å². The third kappa shape index (κ3) is 2.57. The highest BCUT2D eigenvalue weighted by atomic mass is 16.5. The molecule has 1 saturated carbocycles. The molecule has 3 heteroatoms. The van der Waals surface area contributed by atoms with Gasteiger partial charge in [-0.05, 0) is 60.4 Å². The van der Waals surface area contributed by atoms with Gasteiger partial charge in [0.15, 0.2) is 0 Å².